The second-order valence-electron chi connectivity index (χ2n) is 17.5. The van der Waals surface area contributed by atoms with Crippen molar-refractivity contribution in [2.24, 2.45) is 57.2 Å². The summed E-state index contributed by atoms with van der Waals surface area (Å²) >= 11 is 0. The van der Waals surface area contributed by atoms with Gasteiger partial charge in [0, 0.05) is 0 Å². The Bertz CT molecular complexity index is 969. The Labute approximate surface area is 261 Å². The highest BCUT2D eigenvalue weighted by atomic mass is 16.7. The molecule has 0 amide bonds. The molecule has 4 aliphatic carbocycles. The van der Waals surface area contributed by atoms with Crippen LogP contribution in [0.5, 0.6) is 0 Å². The maximum atomic E-state index is 12.0. The van der Waals surface area contributed by atoms with Crippen LogP contribution in [0.4, 0.5) is 0 Å². The van der Waals surface area contributed by atoms with Crippen LogP contribution < -0.4 is 0 Å². The van der Waals surface area contributed by atoms with Crippen molar-refractivity contribution in [2.45, 2.75) is 163 Å². The first-order valence-electron chi connectivity index (χ1n) is 17.7. The molecule has 0 aromatic rings. The molecular weight excluding hydrogens is 544 g/mol. The van der Waals surface area contributed by atoms with E-state index in [9.17, 15) is 25.5 Å². The molecule has 1 heterocycles. The van der Waals surface area contributed by atoms with Gasteiger partial charge in [0.05, 0.1) is 18.8 Å². The maximum Gasteiger partial charge on any atom is 0.186 e. The van der Waals surface area contributed by atoms with Gasteiger partial charge in [0.15, 0.2) is 6.29 Å². The monoisotopic (exact) mass is 608 g/mol. The van der Waals surface area contributed by atoms with Gasteiger partial charge in [-0.3, -0.25) is 0 Å². The van der Waals surface area contributed by atoms with Crippen LogP contribution in [0.25, 0.3) is 0 Å². The molecular formula is C36H64O7. The van der Waals surface area contributed by atoms with E-state index in [0.29, 0.717) is 29.6 Å². The van der Waals surface area contributed by atoms with E-state index in [1.54, 1.807) is 0 Å². The van der Waals surface area contributed by atoms with Crippen LogP contribution in [0.15, 0.2) is 0 Å². The molecule has 15 atom stereocenters. The van der Waals surface area contributed by atoms with Gasteiger partial charge >= 0.3 is 0 Å². The molecule has 0 aromatic heterocycles. The van der Waals surface area contributed by atoms with E-state index in [2.05, 4.69) is 55.4 Å². The molecule has 7 heteroatoms. The Balaban J connectivity index is 1.35. The molecule has 0 spiro atoms. The van der Waals surface area contributed by atoms with E-state index in [1.807, 2.05) is 0 Å². The fraction of sp³-hybridized carbons (Fsp3) is 1.00. The molecule has 5 N–H and O–H groups in total. The molecule has 5 aliphatic rings. The van der Waals surface area contributed by atoms with Crippen LogP contribution in [0.3, 0.4) is 0 Å². The quantitative estimate of drug-likeness (QED) is 0.238. The van der Waals surface area contributed by atoms with Crippen molar-refractivity contribution in [3.63, 3.8) is 0 Å². The van der Waals surface area contributed by atoms with Crippen molar-refractivity contribution in [1.82, 2.24) is 0 Å². The van der Waals surface area contributed by atoms with E-state index in [0.717, 1.165) is 38.0 Å². The van der Waals surface area contributed by atoms with E-state index in [-0.39, 0.29) is 33.9 Å². The van der Waals surface area contributed by atoms with E-state index in [4.69, 9.17) is 9.47 Å². The number of aliphatic hydroxyl groups is 5. The van der Waals surface area contributed by atoms with E-state index >= 15 is 0 Å². The lowest BCUT2D eigenvalue weighted by atomic mass is 9.35. The fourth-order valence-electron chi connectivity index (χ4n) is 12.1. The Hall–Kier alpha value is -0.280. The number of hydrogen-bond acceptors (Lipinski definition) is 7. The Kier molecular flexibility index (Phi) is 9.56. The van der Waals surface area contributed by atoms with Crippen LogP contribution in [0.1, 0.15) is 120 Å². The van der Waals surface area contributed by atoms with Gasteiger partial charge in [0.25, 0.3) is 0 Å². The van der Waals surface area contributed by atoms with Crippen molar-refractivity contribution in [3.05, 3.63) is 0 Å². The van der Waals surface area contributed by atoms with Crippen molar-refractivity contribution in [1.29, 1.82) is 0 Å². The molecule has 4 saturated carbocycles. The maximum absolute atomic E-state index is 12.0. The number of aliphatic hydroxyl groups excluding tert-OH is 5. The molecule has 1 unspecified atom stereocenters. The predicted molar refractivity (Wildman–Crippen MR) is 167 cm³/mol. The number of rotatable bonds is 8. The van der Waals surface area contributed by atoms with Gasteiger partial charge in [-0.05, 0) is 102 Å². The molecule has 43 heavy (non-hydrogen) atoms. The highest BCUT2D eigenvalue weighted by Gasteiger charge is 2.70. The highest BCUT2D eigenvalue weighted by molar-refractivity contribution is 5.19. The molecule has 250 valence electrons. The van der Waals surface area contributed by atoms with Crippen LogP contribution in [0.2, 0.25) is 0 Å². The molecule has 0 bridgehead atoms. The molecule has 5 fully saturated rings. The van der Waals surface area contributed by atoms with Crippen LogP contribution in [-0.2, 0) is 9.47 Å². The average molecular weight is 609 g/mol. The molecule has 7 nitrogen and oxygen atoms in total. The molecule has 0 radical (unpaired) electrons. The standard InChI is InChI=1S/C36H64O7/c1-20(2)10-9-11-21(3)22-12-16-36(8)28(22)23(38)18-26-34(6)15-14-27(33(4,5)25(34)13-17-35(26,36)7)43-32-31(41)30(40)29(39)24(19-37)42-32/h20-32,37-41H,9-19H2,1-8H3/t21-,22-,23-,24-,25?,26-,27+,28+,29-,30+,31-,32+,34+,35-,36+/m1/s1. The summed E-state index contributed by atoms with van der Waals surface area (Å²) in [6, 6.07) is 0. The molecule has 5 rings (SSSR count). The van der Waals surface area contributed by atoms with Crippen molar-refractivity contribution in [3.8, 4) is 0 Å². The minimum absolute atomic E-state index is 0.0572. The Morgan fingerprint density at radius 3 is 2.12 bits per heavy atom. The summed E-state index contributed by atoms with van der Waals surface area (Å²) in [6.07, 6.45) is 4.48. The van der Waals surface area contributed by atoms with Gasteiger partial charge in [-0.2, -0.15) is 0 Å². The first kappa shape index (κ1) is 34.1. The van der Waals surface area contributed by atoms with Crippen LogP contribution in [0, 0.1) is 57.2 Å². The topological polar surface area (TPSA) is 120 Å². The third kappa shape index (κ3) is 5.37. The van der Waals surface area contributed by atoms with Crippen molar-refractivity contribution >= 4 is 0 Å². The molecule has 1 aliphatic heterocycles. The van der Waals surface area contributed by atoms with Gasteiger partial charge in [-0.1, -0.05) is 74.7 Å². The molecule has 1 saturated heterocycles. The summed E-state index contributed by atoms with van der Waals surface area (Å²) in [6.45, 7) is 18.8. The van der Waals surface area contributed by atoms with Gasteiger partial charge < -0.3 is 35.0 Å². The fourth-order valence-corrected chi connectivity index (χ4v) is 12.1. The van der Waals surface area contributed by atoms with Crippen molar-refractivity contribution in [2.75, 3.05) is 6.61 Å². The minimum atomic E-state index is -1.44. The zero-order valence-corrected chi connectivity index (χ0v) is 28.3. The van der Waals surface area contributed by atoms with E-state index in [1.165, 1.54) is 32.1 Å². The van der Waals surface area contributed by atoms with Gasteiger partial charge in [0.1, 0.15) is 24.4 Å². The van der Waals surface area contributed by atoms with Gasteiger partial charge in [-0.25, -0.2) is 0 Å². The Morgan fingerprint density at radius 1 is 0.791 bits per heavy atom. The van der Waals surface area contributed by atoms with Crippen LogP contribution >= 0.6 is 0 Å². The summed E-state index contributed by atoms with van der Waals surface area (Å²) in [5.74, 6) is 3.19. The first-order chi connectivity index (χ1) is 20.0. The lowest BCUT2D eigenvalue weighted by Crippen LogP contribution is -2.67. The van der Waals surface area contributed by atoms with E-state index < -0.39 is 37.3 Å². The number of hydrogen-bond donors (Lipinski definition) is 5. The lowest BCUT2D eigenvalue weighted by molar-refractivity contribution is -0.331. The largest absolute Gasteiger partial charge is 0.394 e. The normalized spacial score (nSPS) is 51.9. The van der Waals surface area contributed by atoms with Crippen LogP contribution in [-0.4, -0.2) is 75.1 Å². The second-order valence-corrected chi connectivity index (χ2v) is 17.5. The highest BCUT2D eigenvalue weighted by Crippen LogP contribution is 2.75. The smallest absolute Gasteiger partial charge is 0.186 e. The first-order valence-corrected chi connectivity index (χ1v) is 17.7. The zero-order valence-electron chi connectivity index (χ0n) is 28.3. The second kappa shape index (κ2) is 12.1. The predicted octanol–water partition coefficient (Wildman–Crippen LogP) is 5.29. The minimum Gasteiger partial charge on any atom is -0.394 e. The lowest BCUT2D eigenvalue weighted by Gasteiger charge is -2.70. The zero-order chi connectivity index (χ0) is 31.7. The average Bonchev–Trinajstić information content (AvgIpc) is 3.31. The van der Waals surface area contributed by atoms with Gasteiger partial charge in [-0.15, -0.1) is 0 Å². The summed E-state index contributed by atoms with van der Waals surface area (Å²) in [4.78, 5) is 0. The third-order valence-electron chi connectivity index (χ3n) is 14.7. The summed E-state index contributed by atoms with van der Waals surface area (Å²) in [5, 5.41) is 53.0. The number of fused-ring (bicyclic) bond motifs is 5. The summed E-state index contributed by atoms with van der Waals surface area (Å²) in [7, 11) is 0. The van der Waals surface area contributed by atoms with Crippen molar-refractivity contribution < 1.29 is 35.0 Å². The SMILES string of the molecule is CC(C)CCC[C@@H](C)[C@H]1CC[C@@]2(C)[C@@H]1[C@H](O)C[C@@H]1[C@@]3(C)CC[C@H](O[C@@H]4O[C@H](CO)[C@@H](O)[C@H](O)[C@H]4O)C(C)(C)C3CC[C@]12C. The van der Waals surface area contributed by atoms with Gasteiger partial charge in [0.2, 0.25) is 0 Å². The molecule has 0 aromatic carbocycles. The summed E-state index contributed by atoms with van der Waals surface area (Å²) < 4.78 is 12.2. The third-order valence-corrected chi connectivity index (χ3v) is 14.7. The number of ether oxygens (including phenoxy) is 2. The Morgan fingerprint density at radius 2 is 1.47 bits per heavy atom. The summed E-state index contributed by atoms with van der Waals surface area (Å²) in [5.41, 5.74) is 0.143.